The summed E-state index contributed by atoms with van der Waals surface area (Å²) in [6.07, 6.45) is 0. The number of rotatable bonds is 4. The zero-order chi connectivity index (χ0) is 18.5. The van der Waals surface area contributed by atoms with Crippen LogP contribution in [0.5, 0.6) is 0 Å². The number of nitrogens with zero attached hydrogens (tertiary/aromatic N) is 2. The van der Waals surface area contributed by atoms with Gasteiger partial charge in [0.1, 0.15) is 12.2 Å². The summed E-state index contributed by atoms with van der Waals surface area (Å²) in [7, 11) is 0. The molecule has 0 atom stereocenters. The van der Waals surface area contributed by atoms with E-state index in [9.17, 15) is 19.5 Å². The summed E-state index contributed by atoms with van der Waals surface area (Å²) >= 11 is 12.2. The van der Waals surface area contributed by atoms with Crippen molar-refractivity contribution in [3.05, 3.63) is 33.4 Å². The number of aromatic amines is 1. The summed E-state index contributed by atoms with van der Waals surface area (Å²) < 4.78 is 0. The highest BCUT2D eigenvalue weighted by Gasteiger charge is 2.38. The van der Waals surface area contributed by atoms with Gasteiger partial charge in [-0.2, -0.15) is 0 Å². The summed E-state index contributed by atoms with van der Waals surface area (Å²) in [6.45, 7) is 3.34. The normalized spacial score (nSPS) is 15.1. The zero-order valence-electron chi connectivity index (χ0n) is 13.5. The van der Waals surface area contributed by atoms with Crippen molar-refractivity contribution in [2.24, 2.45) is 0 Å². The molecule has 0 radical (unpaired) electrons. The lowest BCUT2D eigenvalue weighted by Gasteiger charge is -2.20. The van der Waals surface area contributed by atoms with Crippen LogP contribution in [0.1, 0.15) is 29.9 Å². The monoisotopic (exact) mass is 383 g/mol. The molecule has 25 heavy (non-hydrogen) atoms. The Kier molecular flexibility index (Phi) is 4.38. The van der Waals surface area contributed by atoms with E-state index in [1.165, 1.54) is 11.0 Å². The average molecular weight is 384 g/mol. The summed E-state index contributed by atoms with van der Waals surface area (Å²) in [6, 6.07) is 2.35. The van der Waals surface area contributed by atoms with Gasteiger partial charge < -0.3 is 15.0 Å². The second-order valence-electron chi connectivity index (χ2n) is 6.09. The number of nitrogens with one attached hydrogen (secondary N) is 1. The molecule has 0 bridgehead atoms. The molecule has 132 valence electrons. The minimum absolute atomic E-state index is 0.0449. The van der Waals surface area contributed by atoms with E-state index in [0.29, 0.717) is 21.5 Å². The number of carbonyl (C=O) groups is 3. The van der Waals surface area contributed by atoms with E-state index in [0.717, 1.165) is 4.90 Å². The molecule has 7 nitrogen and oxygen atoms in total. The highest BCUT2D eigenvalue weighted by Crippen LogP contribution is 2.34. The van der Waals surface area contributed by atoms with E-state index in [4.69, 9.17) is 23.2 Å². The van der Waals surface area contributed by atoms with E-state index >= 15 is 0 Å². The molecule has 1 saturated heterocycles. The number of imide groups is 1. The van der Waals surface area contributed by atoms with Crippen LogP contribution in [0.4, 0.5) is 4.79 Å². The van der Waals surface area contributed by atoms with Crippen LogP contribution in [-0.2, 0) is 11.3 Å². The first kappa shape index (κ1) is 17.6. The third-order valence-corrected chi connectivity index (χ3v) is 4.59. The Morgan fingerprint density at radius 2 is 2.00 bits per heavy atom. The molecule has 0 spiro atoms. The van der Waals surface area contributed by atoms with Crippen LogP contribution in [0.3, 0.4) is 0 Å². The van der Waals surface area contributed by atoms with E-state index in [2.05, 4.69) is 4.98 Å². The van der Waals surface area contributed by atoms with Gasteiger partial charge >= 0.3 is 12.0 Å². The molecule has 1 aromatic heterocycles. The largest absolute Gasteiger partial charge is 0.477 e. The average Bonchev–Trinajstić information content (AvgIpc) is 2.97. The van der Waals surface area contributed by atoms with E-state index in [1.54, 1.807) is 19.9 Å². The van der Waals surface area contributed by atoms with E-state index < -0.39 is 12.0 Å². The SMILES string of the molecule is CC(C)N1C(=O)CN(Cc2c(C(=O)O)[nH]c3cc(Cl)cc(Cl)c23)C1=O. The summed E-state index contributed by atoms with van der Waals surface area (Å²) in [4.78, 5) is 41.3. The van der Waals surface area contributed by atoms with E-state index in [-0.39, 0.29) is 35.8 Å². The second-order valence-corrected chi connectivity index (χ2v) is 6.93. The van der Waals surface area contributed by atoms with Gasteiger partial charge in [-0.15, -0.1) is 0 Å². The molecule has 0 saturated carbocycles. The van der Waals surface area contributed by atoms with Crippen LogP contribution in [0, 0.1) is 0 Å². The first-order chi connectivity index (χ1) is 11.7. The number of fused-ring (bicyclic) bond motifs is 1. The Labute approximate surface area is 153 Å². The Hall–Kier alpha value is -2.25. The number of amides is 3. The molecular weight excluding hydrogens is 369 g/mol. The molecule has 0 unspecified atom stereocenters. The number of H-pyrrole nitrogens is 1. The maximum absolute atomic E-state index is 12.5. The third-order valence-electron chi connectivity index (χ3n) is 4.07. The molecule has 1 aliphatic rings. The van der Waals surface area contributed by atoms with Crippen molar-refractivity contribution < 1.29 is 19.5 Å². The maximum Gasteiger partial charge on any atom is 0.352 e. The number of hydrogen-bond donors (Lipinski definition) is 2. The number of urea groups is 1. The van der Waals surface area contributed by atoms with Gasteiger partial charge in [-0.05, 0) is 26.0 Å². The molecule has 1 fully saturated rings. The minimum atomic E-state index is -1.18. The Morgan fingerprint density at radius 1 is 1.32 bits per heavy atom. The molecule has 1 aromatic carbocycles. The van der Waals surface area contributed by atoms with Gasteiger partial charge in [-0.25, -0.2) is 9.59 Å². The summed E-state index contributed by atoms with van der Waals surface area (Å²) in [5.74, 6) is -1.50. The van der Waals surface area contributed by atoms with Crippen LogP contribution >= 0.6 is 23.2 Å². The fourth-order valence-corrected chi connectivity index (χ4v) is 3.65. The quantitative estimate of drug-likeness (QED) is 0.791. The van der Waals surface area contributed by atoms with Crippen molar-refractivity contribution in [2.45, 2.75) is 26.4 Å². The van der Waals surface area contributed by atoms with Crippen molar-refractivity contribution in [3.63, 3.8) is 0 Å². The highest BCUT2D eigenvalue weighted by atomic mass is 35.5. The fourth-order valence-electron chi connectivity index (χ4n) is 3.04. The van der Waals surface area contributed by atoms with Crippen molar-refractivity contribution in [1.29, 1.82) is 0 Å². The molecule has 2 N–H and O–H groups in total. The van der Waals surface area contributed by atoms with Crippen LogP contribution < -0.4 is 0 Å². The summed E-state index contributed by atoms with van der Waals surface area (Å²) in [5.41, 5.74) is 0.724. The van der Waals surface area contributed by atoms with Gasteiger partial charge in [0.2, 0.25) is 0 Å². The predicted octanol–water partition coefficient (Wildman–Crippen LogP) is 3.35. The minimum Gasteiger partial charge on any atom is -0.477 e. The molecule has 0 aliphatic carbocycles. The van der Waals surface area contributed by atoms with Crippen LogP contribution in [0.2, 0.25) is 10.0 Å². The molecule has 3 amide bonds. The third kappa shape index (κ3) is 2.94. The highest BCUT2D eigenvalue weighted by molar-refractivity contribution is 6.39. The molecule has 2 aromatic rings. The van der Waals surface area contributed by atoms with Gasteiger partial charge in [-0.3, -0.25) is 9.69 Å². The first-order valence-corrected chi connectivity index (χ1v) is 8.30. The van der Waals surface area contributed by atoms with Crippen LogP contribution in [-0.4, -0.2) is 50.4 Å². The topological polar surface area (TPSA) is 93.7 Å². The van der Waals surface area contributed by atoms with Crippen LogP contribution in [0.15, 0.2) is 12.1 Å². The van der Waals surface area contributed by atoms with Crippen LogP contribution in [0.25, 0.3) is 10.9 Å². The lowest BCUT2D eigenvalue weighted by molar-refractivity contribution is -0.126. The second kappa shape index (κ2) is 6.24. The molecule has 1 aliphatic heterocycles. The number of aromatic nitrogens is 1. The number of hydrogen-bond acceptors (Lipinski definition) is 3. The molecule has 9 heteroatoms. The van der Waals surface area contributed by atoms with E-state index in [1.807, 2.05) is 0 Å². The van der Waals surface area contributed by atoms with Gasteiger partial charge in [0.15, 0.2) is 0 Å². The smallest absolute Gasteiger partial charge is 0.352 e. The van der Waals surface area contributed by atoms with Crippen molar-refractivity contribution in [3.8, 4) is 0 Å². The number of carboxylic acids is 1. The molecular formula is C16H15Cl2N3O4. The van der Waals surface area contributed by atoms with Gasteiger partial charge in [0.05, 0.1) is 11.6 Å². The Morgan fingerprint density at radius 3 is 2.56 bits per heavy atom. The Balaban J connectivity index is 2.07. The number of halogens is 2. The number of benzene rings is 1. The maximum atomic E-state index is 12.5. The van der Waals surface area contributed by atoms with Gasteiger partial charge in [0.25, 0.3) is 5.91 Å². The lowest BCUT2D eigenvalue weighted by atomic mass is 10.1. The van der Waals surface area contributed by atoms with Crippen molar-refractivity contribution in [2.75, 3.05) is 6.54 Å². The first-order valence-electron chi connectivity index (χ1n) is 7.54. The number of carboxylic acid groups (broad SMARTS) is 1. The van der Waals surface area contributed by atoms with Crippen molar-refractivity contribution >= 4 is 52.0 Å². The molecule has 2 heterocycles. The molecule has 3 rings (SSSR count). The zero-order valence-corrected chi connectivity index (χ0v) is 15.0. The predicted molar refractivity (Wildman–Crippen MR) is 93.1 cm³/mol. The van der Waals surface area contributed by atoms with Gasteiger partial charge in [-0.1, -0.05) is 23.2 Å². The lowest BCUT2D eigenvalue weighted by Crippen LogP contribution is -2.38. The van der Waals surface area contributed by atoms with Gasteiger partial charge in [0, 0.05) is 27.5 Å². The van der Waals surface area contributed by atoms with Crippen molar-refractivity contribution in [1.82, 2.24) is 14.8 Å². The number of aromatic carboxylic acids is 1. The standard InChI is InChI=1S/C16H15Cl2N3O4/c1-7(2)21-12(22)6-20(16(21)25)5-9-13-10(18)3-8(17)4-11(13)19-14(9)15(23)24/h3-4,7,19H,5-6H2,1-2H3,(H,23,24). The fraction of sp³-hybridized carbons (Fsp3) is 0.312. The summed E-state index contributed by atoms with van der Waals surface area (Å²) in [5, 5.41) is 10.6. The Bertz CT molecular complexity index is 906. The number of carbonyl (C=O) groups excluding carboxylic acids is 2.